The van der Waals surface area contributed by atoms with Crippen molar-refractivity contribution in [1.82, 2.24) is 0 Å². The summed E-state index contributed by atoms with van der Waals surface area (Å²) in [6.45, 7) is 1.31. The van der Waals surface area contributed by atoms with Crippen LogP contribution in [0.15, 0.2) is 24.3 Å². The van der Waals surface area contributed by atoms with Crippen LogP contribution in [0.25, 0.3) is 0 Å². The zero-order valence-corrected chi connectivity index (χ0v) is 10.5. The second-order valence-corrected chi connectivity index (χ2v) is 4.31. The smallest absolute Gasteiger partial charge is 0.308 e. The molecule has 0 aromatic heterocycles. The number of benzene rings is 1. The minimum Gasteiger partial charge on any atom is -0.427 e. The number of hydrogen-bond donors (Lipinski definition) is 1. The highest BCUT2D eigenvalue weighted by atomic mass is 16.5. The van der Waals surface area contributed by atoms with Crippen molar-refractivity contribution in [2.45, 2.75) is 25.8 Å². The molecule has 1 fully saturated rings. The zero-order valence-electron chi connectivity index (χ0n) is 10.5. The maximum atomic E-state index is 11.8. The molecule has 6 nitrogen and oxygen atoms in total. The van der Waals surface area contributed by atoms with E-state index in [4.69, 9.17) is 10.5 Å². The summed E-state index contributed by atoms with van der Waals surface area (Å²) in [7, 11) is 0. The lowest BCUT2D eigenvalue weighted by molar-refractivity contribution is -0.131. The third-order valence-electron chi connectivity index (χ3n) is 2.92. The van der Waals surface area contributed by atoms with E-state index in [0.717, 1.165) is 0 Å². The predicted molar refractivity (Wildman–Crippen MR) is 67.5 cm³/mol. The molecule has 1 aliphatic heterocycles. The van der Waals surface area contributed by atoms with Crippen LogP contribution in [0.4, 0.5) is 5.69 Å². The van der Waals surface area contributed by atoms with Gasteiger partial charge in [0.15, 0.2) is 0 Å². The summed E-state index contributed by atoms with van der Waals surface area (Å²) in [6, 6.07) is 5.78. The lowest BCUT2D eigenvalue weighted by Crippen LogP contribution is -2.42. The van der Waals surface area contributed by atoms with Crippen LogP contribution in [0, 0.1) is 0 Å². The van der Waals surface area contributed by atoms with E-state index in [1.54, 1.807) is 24.3 Å². The van der Waals surface area contributed by atoms with E-state index in [0.29, 0.717) is 24.3 Å². The van der Waals surface area contributed by atoms with Gasteiger partial charge in [0.25, 0.3) is 0 Å². The van der Waals surface area contributed by atoms with Gasteiger partial charge in [0, 0.05) is 19.0 Å². The molecule has 2 amide bonds. The Hall–Kier alpha value is -2.37. The van der Waals surface area contributed by atoms with Gasteiger partial charge in [0.1, 0.15) is 11.8 Å². The third kappa shape index (κ3) is 2.73. The third-order valence-corrected chi connectivity index (χ3v) is 2.92. The molecule has 0 bridgehead atoms. The first-order valence-electron chi connectivity index (χ1n) is 5.89. The number of ether oxygens (including phenoxy) is 1. The summed E-state index contributed by atoms with van der Waals surface area (Å²) in [5.74, 6) is -0.683. The highest BCUT2D eigenvalue weighted by molar-refractivity contribution is 6.03. The van der Waals surface area contributed by atoms with Gasteiger partial charge in [-0.1, -0.05) is 0 Å². The van der Waals surface area contributed by atoms with Crippen molar-refractivity contribution in [3.8, 4) is 5.75 Å². The van der Waals surface area contributed by atoms with Gasteiger partial charge in [-0.05, 0) is 30.7 Å². The average Bonchev–Trinajstić information content (AvgIpc) is 2.71. The monoisotopic (exact) mass is 262 g/mol. The van der Waals surface area contributed by atoms with Gasteiger partial charge in [-0.2, -0.15) is 0 Å². The Morgan fingerprint density at radius 3 is 2.47 bits per heavy atom. The number of esters is 1. The van der Waals surface area contributed by atoms with Gasteiger partial charge < -0.3 is 10.5 Å². The first kappa shape index (κ1) is 13.1. The van der Waals surface area contributed by atoms with E-state index in [9.17, 15) is 14.4 Å². The number of hydrogen-bond acceptors (Lipinski definition) is 4. The molecule has 0 saturated carbocycles. The van der Waals surface area contributed by atoms with Crippen LogP contribution in [0.2, 0.25) is 0 Å². The van der Waals surface area contributed by atoms with Gasteiger partial charge in [-0.15, -0.1) is 0 Å². The van der Waals surface area contributed by atoms with Crippen LogP contribution >= 0.6 is 0 Å². The maximum Gasteiger partial charge on any atom is 0.308 e. The lowest BCUT2D eigenvalue weighted by atomic mass is 10.2. The number of rotatable bonds is 3. The molecule has 100 valence electrons. The van der Waals surface area contributed by atoms with E-state index in [2.05, 4.69) is 0 Å². The minimum absolute atomic E-state index is 0.135. The van der Waals surface area contributed by atoms with Crippen molar-refractivity contribution in [2.75, 3.05) is 4.90 Å². The molecule has 1 heterocycles. The molecule has 1 unspecified atom stereocenters. The van der Waals surface area contributed by atoms with Crippen molar-refractivity contribution in [1.29, 1.82) is 0 Å². The normalized spacial score (nSPS) is 18.5. The highest BCUT2D eigenvalue weighted by Crippen LogP contribution is 2.28. The topological polar surface area (TPSA) is 89.7 Å². The number of nitrogens with zero attached hydrogens (tertiary/aromatic N) is 1. The van der Waals surface area contributed by atoms with Crippen LogP contribution in [0.3, 0.4) is 0 Å². The number of carbonyl (C=O) groups excluding carboxylic acids is 3. The zero-order chi connectivity index (χ0) is 14.0. The van der Waals surface area contributed by atoms with Crippen LogP contribution < -0.4 is 15.4 Å². The average molecular weight is 262 g/mol. The molecule has 2 N–H and O–H groups in total. The van der Waals surface area contributed by atoms with Crippen molar-refractivity contribution in [2.24, 2.45) is 5.73 Å². The van der Waals surface area contributed by atoms with Crippen molar-refractivity contribution >= 4 is 23.5 Å². The fraction of sp³-hybridized carbons (Fsp3) is 0.308. The lowest BCUT2D eigenvalue weighted by Gasteiger charge is -2.22. The van der Waals surface area contributed by atoms with Crippen molar-refractivity contribution in [3.05, 3.63) is 24.3 Å². The second-order valence-electron chi connectivity index (χ2n) is 4.31. The van der Waals surface area contributed by atoms with Crippen LogP contribution in [-0.4, -0.2) is 23.8 Å². The van der Waals surface area contributed by atoms with Gasteiger partial charge in [-0.3, -0.25) is 19.3 Å². The number of primary amides is 1. The molecular weight excluding hydrogens is 248 g/mol. The molecule has 0 aliphatic carbocycles. The molecule has 2 rings (SSSR count). The quantitative estimate of drug-likeness (QED) is 0.637. The molecule has 6 heteroatoms. The summed E-state index contributed by atoms with van der Waals surface area (Å²) in [5.41, 5.74) is 5.85. The van der Waals surface area contributed by atoms with Crippen molar-refractivity contribution in [3.63, 3.8) is 0 Å². The van der Waals surface area contributed by atoms with Gasteiger partial charge >= 0.3 is 5.97 Å². The highest BCUT2D eigenvalue weighted by Gasteiger charge is 2.35. The largest absolute Gasteiger partial charge is 0.427 e. The molecule has 1 saturated heterocycles. The fourth-order valence-corrected chi connectivity index (χ4v) is 2.12. The Kier molecular flexibility index (Phi) is 3.50. The summed E-state index contributed by atoms with van der Waals surface area (Å²) in [4.78, 5) is 35.3. The van der Waals surface area contributed by atoms with E-state index >= 15 is 0 Å². The van der Waals surface area contributed by atoms with Crippen LogP contribution in [0.1, 0.15) is 19.8 Å². The summed E-state index contributed by atoms with van der Waals surface area (Å²) >= 11 is 0. The Labute approximate surface area is 110 Å². The van der Waals surface area contributed by atoms with Crippen molar-refractivity contribution < 1.29 is 19.1 Å². The minimum atomic E-state index is -0.605. The van der Waals surface area contributed by atoms with E-state index in [1.165, 1.54) is 11.8 Å². The second kappa shape index (κ2) is 5.09. The summed E-state index contributed by atoms with van der Waals surface area (Å²) in [6.07, 6.45) is 0.735. The van der Waals surface area contributed by atoms with Crippen LogP contribution in [-0.2, 0) is 14.4 Å². The summed E-state index contributed by atoms with van der Waals surface area (Å²) in [5, 5.41) is 0. The first-order valence-corrected chi connectivity index (χ1v) is 5.89. The predicted octanol–water partition coefficient (Wildman–Crippen LogP) is 0.593. The SMILES string of the molecule is CC(=O)Oc1ccc(N2C(=O)CCC2C(N)=O)cc1. The number of amides is 2. The number of carbonyl (C=O) groups is 3. The Bertz CT molecular complexity index is 524. The molecule has 1 aliphatic rings. The molecule has 1 atom stereocenters. The Balaban J connectivity index is 2.23. The maximum absolute atomic E-state index is 11.8. The molecule has 0 spiro atoms. The van der Waals surface area contributed by atoms with Gasteiger partial charge in [-0.25, -0.2) is 0 Å². The first-order chi connectivity index (χ1) is 8.99. The van der Waals surface area contributed by atoms with Crippen LogP contribution in [0.5, 0.6) is 5.75 Å². The Morgan fingerprint density at radius 1 is 1.32 bits per heavy atom. The fourth-order valence-electron chi connectivity index (χ4n) is 2.12. The summed E-state index contributed by atoms with van der Waals surface area (Å²) < 4.78 is 4.90. The van der Waals surface area contributed by atoms with E-state index < -0.39 is 17.9 Å². The van der Waals surface area contributed by atoms with Gasteiger partial charge in [0.2, 0.25) is 11.8 Å². The molecule has 1 aromatic carbocycles. The van der Waals surface area contributed by atoms with E-state index in [-0.39, 0.29) is 5.91 Å². The molecule has 0 radical (unpaired) electrons. The standard InChI is InChI=1S/C13H14N2O4/c1-8(16)19-10-4-2-9(3-5-10)15-11(13(14)18)6-7-12(15)17/h2-5,11H,6-7H2,1H3,(H2,14,18). The number of nitrogens with two attached hydrogens (primary N) is 1. The van der Waals surface area contributed by atoms with E-state index in [1.807, 2.05) is 0 Å². The molecule has 1 aromatic rings. The molecular formula is C13H14N2O4. The molecule has 19 heavy (non-hydrogen) atoms. The van der Waals surface area contributed by atoms with Gasteiger partial charge in [0.05, 0.1) is 0 Å². The number of anilines is 1. The Morgan fingerprint density at radius 2 is 1.95 bits per heavy atom.